The lowest BCUT2D eigenvalue weighted by atomic mass is 10.3. The van der Waals surface area contributed by atoms with Gasteiger partial charge >= 0.3 is 12.0 Å². The smallest absolute Gasteiger partial charge is 0.409 e. The van der Waals surface area contributed by atoms with Crippen LogP contribution in [-0.2, 0) is 0 Å². The quantitative estimate of drug-likeness (QED) is 0.738. The van der Waals surface area contributed by atoms with Crippen LogP contribution in [0.2, 0.25) is 0 Å². The molecule has 0 saturated carbocycles. The summed E-state index contributed by atoms with van der Waals surface area (Å²) >= 11 is 4.92. The molecule has 6 heteroatoms. The van der Waals surface area contributed by atoms with E-state index in [-0.39, 0.29) is 11.5 Å². The molecule has 0 radical (unpaired) electrons. The zero-order chi connectivity index (χ0) is 10.6. The standard InChI is InChI=1S/C8H5ClF2O3/c9-7(12)13-5-3-1-2-4-6(5)14-8(10)11/h1-4,8H. The Labute approximate surface area is 83.2 Å². The molecule has 0 aliphatic carbocycles. The summed E-state index contributed by atoms with van der Waals surface area (Å²) in [6, 6.07) is 5.48. The number of hydrogen-bond acceptors (Lipinski definition) is 3. The van der Waals surface area contributed by atoms with Crippen LogP contribution in [0.1, 0.15) is 0 Å². The number of para-hydroxylation sites is 2. The number of hydrogen-bond donors (Lipinski definition) is 0. The molecule has 0 saturated heterocycles. The monoisotopic (exact) mass is 222 g/mol. The highest BCUT2D eigenvalue weighted by atomic mass is 35.5. The number of ether oxygens (including phenoxy) is 2. The van der Waals surface area contributed by atoms with Crippen LogP contribution in [0.25, 0.3) is 0 Å². The van der Waals surface area contributed by atoms with Gasteiger partial charge in [-0.25, -0.2) is 4.79 Å². The Balaban J connectivity index is 2.85. The zero-order valence-electron chi connectivity index (χ0n) is 6.75. The second-order valence-corrected chi connectivity index (χ2v) is 2.47. The number of rotatable bonds is 3. The molecule has 1 rings (SSSR count). The molecule has 0 heterocycles. The molecule has 0 aliphatic heterocycles. The van der Waals surface area contributed by atoms with E-state index >= 15 is 0 Å². The highest BCUT2D eigenvalue weighted by Crippen LogP contribution is 2.28. The van der Waals surface area contributed by atoms with Crippen LogP contribution < -0.4 is 9.47 Å². The average Bonchev–Trinajstić information content (AvgIpc) is 2.06. The first-order valence-corrected chi connectivity index (χ1v) is 3.88. The van der Waals surface area contributed by atoms with E-state index in [1.54, 1.807) is 0 Å². The minimum Gasteiger partial charge on any atom is -0.431 e. The van der Waals surface area contributed by atoms with Gasteiger partial charge in [0, 0.05) is 11.6 Å². The van der Waals surface area contributed by atoms with Crippen LogP contribution >= 0.6 is 11.6 Å². The van der Waals surface area contributed by atoms with Crippen molar-refractivity contribution in [1.82, 2.24) is 0 Å². The molecule has 0 spiro atoms. The molecule has 0 aromatic heterocycles. The number of carbonyl (C=O) groups is 1. The van der Waals surface area contributed by atoms with Crippen molar-refractivity contribution in [2.45, 2.75) is 6.61 Å². The van der Waals surface area contributed by atoms with Crippen LogP contribution in [0.15, 0.2) is 24.3 Å². The van der Waals surface area contributed by atoms with E-state index in [2.05, 4.69) is 9.47 Å². The normalized spacial score (nSPS) is 10.0. The Morgan fingerprint density at radius 3 is 2.36 bits per heavy atom. The summed E-state index contributed by atoms with van der Waals surface area (Å²) in [5.74, 6) is -0.385. The van der Waals surface area contributed by atoms with Crippen molar-refractivity contribution in [2.24, 2.45) is 0 Å². The van der Waals surface area contributed by atoms with Gasteiger partial charge in [-0.05, 0) is 12.1 Å². The summed E-state index contributed by atoms with van der Waals surface area (Å²) < 4.78 is 32.2. The van der Waals surface area contributed by atoms with Gasteiger partial charge in [0.1, 0.15) is 0 Å². The van der Waals surface area contributed by atoms with E-state index in [1.165, 1.54) is 24.3 Å². The van der Waals surface area contributed by atoms with Crippen LogP contribution in [0.5, 0.6) is 11.5 Å². The molecule has 1 aromatic carbocycles. The Kier molecular flexibility index (Phi) is 3.64. The number of benzene rings is 1. The Bertz CT molecular complexity index is 330. The molecular weight excluding hydrogens is 218 g/mol. The van der Waals surface area contributed by atoms with Gasteiger partial charge in [0.25, 0.3) is 0 Å². The van der Waals surface area contributed by atoms with Gasteiger partial charge in [-0.2, -0.15) is 8.78 Å². The lowest BCUT2D eigenvalue weighted by Crippen LogP contribution is -2.05. The van der Waals surface area contributed by atoms with Crippen molar-refractivity contribution >= 4 is 17.0 Å². The summed E-state index contributed by atoms with van der Waals surface area (Å²) in [4.78, 5) is 10.4. The maximum Gasteiger partial charge on any atom is 0.409 e. The summed E-state index contributed by atoms with van der Waals surface area (Å²) in [7, 11) is 0. The van der Waals surface area contributed by atoms with Gasteiger partial charge < -0.3 is 9.47 Å². The van der Waals surface area contributed by atoms with E-state index in [0.717, 1.165) is 0 Å². The molecule has 0 aliphatic rings. The first-order chi connectivity index (χ1) is 6.59. The second kappa shape index (κ2) is 4.76. The van der Waals surface area contributed by atoms with Crippen molar-refractivity contribution in [1.29, 1.82) is 0 Å². The van der Waals surface area contributed by atoms with Gasteiger partial charge in [-0.3, -0.25) is 0 Å². The Morgan fingerprint density at radius 2 is 1.86 bits per heavy atom. The minimum absolute atomic E-state index is 0.146. The molecule has 3 nitrogen and oxygen atoms in total. The van der Waals surface area contributed by atoms with Gasteiger partial charge in [0.2, 0.25) is 0 Å². The summed E-state index contributed by atoms with van der Waals surface area (Å²) in [6.07, 6.45) is 0. The predicted octanol–water partition coefficient (Wildman–Crippen LogP) is 3.03. The molecule has 1 aromatic rings. The van der Waals surface area contributed by atoms with Gasteiger partial charge in [-0.1, -0.05) is 12.1 Å². The van der Waals surface area contributed by atoms with E-state index in [0.29, 0.717) is 0 Å². The highest BCUT2D eigenvalue weighted by Gasteiger charge is 2.11. The largest absolute Gasteiger partial charge is 0.431 e. The maximum atomic E-state index is 11.8. The van der Waals surface area contributed by atoms with Crippen molar-refractivity contribution in [3.8, 4) is 11.5 Å². The van der Waals surface area contributed by atoms with Crippen LogP contribution in [0.4, 0.5) is 13.6 Å². The molecular formula is C8H5ClF2O3. The Morgan fingerprint density at radius 1 is 1.29 bits per heavy atom. The van der Waals surface area contributed by atoms with Gasteiger partial charge in [-0.15, -0.1) is 0 Å². The third kappa shape index (κ3) is 3.18. The SMILES string of the molecule is O=C(Cl)Oc1ccccc1OC(F)F. The first kappa shape index (κ1) is 10.7. The summed E-state index contributed by atoms with van der Waals surface area (Å²) in [5.41, 5.74) is -1.12. The van der Waals surface area contributed by atoms with Crippen LogP contribution in [-0.4, -0.2) is 12.0 Å². The molecule has 0 amide bonds. The summed E-state index contributed by atoms with van der Waals surface area (Å²) in [6.45, 7) is -2.98. The third-order valence-electron chi connectivity index (χ3n) is 1.26. The lowest BCUT2D eigenvalue weighted by Gasteiger charge is -2.08. The number of carbonyl (C=O) groups excluding carboxylic acids is 1. The van der Waals surface area contributed by atoms with Crippen molar-refractivity contribution in [2.75, 3.05) is 0 Å². The van der Waals surface area contributed by atoms with E-state index in [1.807, 2.05) is 0 Å². The highest BCUT2D eigenvalue weighted by molar-refractivity contribution is 6.61. The molecule has 76 valence electrons. The average molecular weight is 223 g/mol. The number of alkyl halides is 2. The van der Waals surface area contributed by atoms with Crippen molar-refractivity contribution < 1.29 is 23.0 Å². The van der Waals surface area contributed by atoms with Gasteiger partial charge in [0.15, 0.2) is 11.5 Å². The molecule has 0 atom stereocenters. The number of halogens is 3. The molecule has 0 fully saturated rings. The first-order valence-electron chi connectivity index (χ1n) is 3.50. The fourth-order valence-corrected chi connectivity index (χ4v) is 0.897. The van der Waals surface area contributed by atoms with Crippen molar-refractivity contribution in [3.05, 3.63) is 24.3 Å². The van der Waals surface area contributed by atoms with E-state index < -0.39 is 12.0 Å². The lowest BCUT2D eigenvalue weighted by molar-refractivity contribution is -0.0509. The summed E-state index contributed by atoms with van der Waals surface area (Å²) in [5, 5.41) is 0. The fourth-order valence-electron chi connectivity index (χ4n) is 0.814. The second-order valence-electron chi connectivity index (χ2n) is 2.16. The van der Waals surface area contributed by atoms with E-state index in [4.69, 9.17) is 11.6 Å². The molecule has 14 heavy (non-hydrogen) atoms. The van der Waals surface area contributed by atoms with Gasteiger partial charge in [0.05, 0.1) is 0 Å². The third-order valence-corrected chi connectivity index (χ3v) is 1.33. The van der Waals surface area contributed by atoms with Crippen LogP contribution in [0.3, 0.4) is 0 Å². The Hall–Kier alpha value is -1.36. The van der Waals surface area contributed by atoms with Crippen molar-refractivity contribution in [3.63, 3.8) is 0 Å². The maximum absolute atomic E-state index is 11.8. The zero-order valence-corrected chi connectivity index (χ0v) is 7.50. The molecule has 0 bridgehead atoms. The topological polar surface area (TPSA) is 35.5 Å². The molecule has 0 unspecified atom stereocenters. The predicted molar refractivity (Wildman–Crippen MR) is 45.0 cm³/mol. The van der Waals surface area contributed by atoms with E-state index in [9.17, 15) is 13.6 Å². The van der Waals surface area contributed by atoms with Crippen LogP contribution in [0, 0.1) is 0 Å². The minimum atomic E-state index is -2.98. The molecule has 0 N–H and O–H groups in total. The fraction of sp³-hybridized carbons (Fsp3) is 0.125.